The van der Waals surface area contributed by atoms with Gasteiger partial charge in [0.25, 0.3) is 0 Å². The fraction of sp³-hybridized carbons (Fsp3) is 0.823. The Labute approximate surface area is 514 Å². The Morgan fingerprint density at radius 3 is 1.34 bits per heavy atom. The Morgan fingerprint density at radius 1 is 0.465 bits per heavy atom. The van der Waals surface area contributed by atoms with E-state index in [1.807, 2.05) is 48.5 Å². The minimum atomic E-state index is -1.74. The Hall–Kier alpha value is -5.91. The van der Waals surface area contributed by atoms with Gasteiger partial charge in [0.05, 0.1) is 18.8 Å². The van der Waals surface area contributed by atoms with Gasteiger partial charge in [0.2, 0.25) is 65.0 Å². The van der Waals surface area contributed by atoms with E-state index in [0.717, 1.165) is 21.1 Å². The van der Waals surface area contributed by atoms with E-state index in [2.05, 4.69) is 21.3 Å². The Kier molecular flexibility index (Phi) is 30.9. The molecular formula is C62H113N11O13. The second-order valence-corrected chi connectivity index (χ2v) is 27.3. The molecule has 6 N–H and O–H groups in total. The van der Waals surface area contributed by atoms with Gasteiger partial charge in [-0.3, -0.25) is 52.7 Å². The van der Waals surface area contributed by atoms with Crippen LogP contribution in [0.4, 0.5) is 0 Å². The molecule has 1 aliphatic rings. The summed E-state index contributed by atoms with van der Waals surface area (Å²) in [5.41, 5.74) is -0.988. The van der Waals surface area contributed by atoms with E-state index < -0.39 is 167 Å². The summed E-state index contributed by atoms with van der Waals surface area (Å²) >= 11 is 0. The average Bonchev–Trinajstić information content (AvgIpc) is 2.04. The molecule has 0 radical (unpaired) electrons. The summed E-state index contributed by atoms with van der Waals surface area (Å²) in [6.45, 7) is 30.2. The van der Waals surface area contributed by atoms with Crippen LogP contribution < -0.4 is 21.3 Å². The Morgan fingerprint density at radius 2 is 0.895 bits per heavy atom. The number of unbranched alkanes of at least 4 members (excludes halogenated alkanes) is 1. The number of nitrogens with one attached hydrogen (secondary N) is 4. The van der Waals surface area contributed by atoms with E-state index in [1.165, 1.54) is 89.7 Å². The zero-order valence-electron chi connectivity index (χ0n) is 56.9. The molecule has 24 nitrogen and oxygen atoms in total. The van der Waals surface area contributed by atoms with Crippen LogP contribution >= 0.6 is 0 Å². The minimum Gasteiger partial charge on any atom is -0.391 e. The second-order valence-electron chi connectivity index (χ2n) is 27.3. The van der Waals surface area contributed by atoms with Crippen molar-refractivity contribution in [2.75, 3.05) is 55.9 Å². The molecular weight excluding hydrogens is 1110 g/mol. The number of carbonyl (C=O) groups excluding carboxylic acids is 11. The smallest absolute Gasteiger partial charge is 0.248 e. The topological polar surface area (TPSA) is 299 Å². The number of aliphatic hydroxyl groups excluding tert-OH is 2. The molecule has 1 heterocycles. The van der Waals surface area contributed by atoms with Gasteiger partial charge in [0, 0.05) is 49.3 Å². The van der Waals surface area contributed by atoms with Gasteiger partial charge >= 0.3 is 0 Å². The molecule has 1 fully saturated rings. The van der Waals surface area contributed by atoms with Gasteiger partial charge in [-0.25, -0.2) is 0 Å². The van der Waals surface area contributed by atoms with Crippen molar-refractivity contribution >= 4 is 65.0 Å². The Balaban J connectivity index is 4.38. The third kappa shape index (κ3) is 21.2. The van der Waals surface area contributed by atoms with Gasteiger partial charge in [-0.1, -0.05) is 117 Å². The van der Waals surface area contributed by atoms with Crippen LogP contribution in [0.15, 0.2) is 0 Å². The Bertz CT molecular complexity index is 2340. The van der Waals surface area contributed by atoms with Crippen molar-refractivity contribution in [3.8, 4) is 0 Å². The molecule has 0 aromatic carbocycles. The van der Waals surface area contributed by atoms with E-state index in [4.69, 9.17) is 0 Å². The number of aliphatic hydroxyl groups is 2. The van der Waals surface area contributed by atoms with Crippen molar-refractivity contribution in [3.05, 3.63) is 0 Å². The molecule has 11 amide bonds. The number of likely N-dealkylation sites (N-methyl/N-ethyl adjacent to an activating group) is 7. The molecule has 0 bridgehead atoms. The first-order valence-corrected chi connectivity index (χ1v) is 30.8. The predicted octanol–water partition coefficient (Wildman–Crippen LogP) is 2.46. The van der Waals surface area contributed by atoms with E-state index in [-0.39, 0.29) is 37.0 Å². The van der Waals surface area contributed by atoms with Crippen molar-refractivity contribution in [1.82, 2.24) is 55.6 Å². The molecule has 24 heteroatoms. The van der Waals surface area contributed by atoms with Crippen molar-refractivity contribution in [3.63, 3.8) is 0 Å². The number of rotatable bonds is 14. The van der Waals surface area contributed by atoms with Crippen molar-refractivity contribution in [2.45, 2.75) is 236 Å². The SMILES string of the molecule is CCCCC(C)C(O)C1C(=O)NC(C(C)O)C(=O)N(C)CC(=O)N(C)C(C(C)(C)C)C(=O)NC(C(C)C)C(=O)N(C)C(CC(C)C)C(=O)NC(C)C(=O)NC(C)C(=O)N(C)C(CC(C)C)C(=O)N(C)C(CC(C)C)C(=O)N(C)C(C(C)C)C(=O)N1C. The standard InChI is InChI=1S/C62H113N11O13/c1-26-27-28-38(12)50(76)49-54(79)66-47(41(15)74)59(84)67(19)32-45(75)71(23)51(62(16,17)18)55(80)65-46(36(8)9)60(85)68(20)42(29-33(2)3)53(78)63-39(13)52(77)64-40(14)56(81)69(21)43(30-34(4)5)57(82)70(22)44(31-35(6)7)58(83)72(24)48(37(10)11)61(86)73(49)25/h33-44,46-51,74,76H,26-32H2,1-25H3,(H,63,78)(H,64,77)(H,65,80)(H,66,79). The fourth-order valence-corrected chi connectivity index (χ4v) is 11.1. The highest BCUT2D eigenvalue weighted by Crippen LogP contribution is 2.28. The summed E-state index contributed by atoms with van der Waals surface area (Å²) in [7, 11) is 9.65. The zero-order chi connectivity index (χ0) is 67.1. The number of hydrogen-bond donors (Lipinski definition) is 6. The molecule has 494 valence electrons. The lowest BCUT2D eigenvalue weighted by molar-refractivity contribution is -0.157. The lowest BCUT2D eigenvalue weighted by Gasteiger charge is -2.41. The minimum absolute atomic E-state index is 0.124. The van der Waals surface area contributed by atoms with E-state index in [0.29, 0.717) is 12.8 Å². The number of nitrogens with zero attached hydrogens (tertiary/aromatic N) is 7. The number of amides is 11. The maximum Gasteiger partial charge on any atom is 0.248 e. The van der Waals surface area contributed by atoms with Crippen LogP contribution in [0.5, 0.6) is 0 Å². The largest absolute Gasteiger partial charge is 0.391 e. The van der Waals surface area contributed by atoms with Crippen LogP contribution in [0.25, 0.3) is 0 Å². The number of hydrogen-bond acceptors (Lipinski definition) is 13. The predicted molar refractivity (Wildman–Crippen MR) is 330 cm³/mol. The van der Waals surface area contributed by atoms with Gasteiger partial charge in [-0.05, 0) is 87.4 Å². The quantitative estimate of drug-likeness (QED) is 0.146. The van der Waals surface area contributed by atoms with E-state index >= 15 is 9.59 Å². The molecule has 0 aliphatic carbocycles. The molecule has 0 spiro atoms. The summed E-state index contributed by atoms with van der Waals surface area (Å²) in [4.78, 5) is 169. The van der Waals surface area contributed by atoms with Gasteiger partial charge < -0.3 is 65.8 Å². The van der Waals surface area contributed by atoms with Crippen LogP contribution in [-0.4, -0.2) is 238 Å². The van der Waals surface area contributed by atoms with Crippen LogP contribution in [0.3, 0.4) is 0 Å². The molecule has 1 saturated heterocycles. The lowest BCUT2D eigenvalue weighted by Crippen LogP contribution is -2.64. The van der Waals surface area contributed by atoms with Crippen LogP contribution in [0.1, 0.15) is 163 Å². The lowest BCUT2D eigenvalue weighted by atomic mass is 9.84. The van der Waals surface area contributed by atoms with Crippen LogP contribution in [0.2, 0.25) is 0 Å². The molecule has 13 atom stereocenters. The first-order valence-electron chi connectivity index (χ1n) is 30.8. The first kappa shape index (κ1) is 78.1. The van der Waals surface area contributed by atoms with Gasteiger partial charge in [-0.2, -0.15) is 0 Å². The molecule has 13 unspecified atom stereocenters. The highest BCUT2D eigenvalue weighted by Gasteiger charge is 2.47. The molecule has 0 aromatic heterocycles. The number of carbonyl (C=O) groups is 11. The molecule has 0 saturated carbocycles. The first-order chi connectivity index (χ1) is 39.4. The summed E-state index contributed by atoms with van der Waals surface area (Å²) in [5, 5.41) is 34.1. The van der Waals surface area contributed by atoms with Crippen LogP contribution in [-0.2, 0) is 52.7 Å². The third-order valence-corrected chi connectivity index (χ3v) is 16.4. The molecule has 1 aliphatic heterocycles. The third-order valence-electron chi connectivity index (χ3n) is 16.4. The highest BCUT2D eigenvalue weighted by atomic mass is 16.3. The zero-order valence-corrected chi connectivity index (χ0v) is 56.9. The van der Waals surface area contributed by atoms with Crippen molar-refractivity contribution in [1.29, 1.82) is 0 Å². The van der Waals surface area contributed by atoms with E-state index in [9.17, 15) is 53.4 Å². The maximum absolute atomic E-state index is 15.2. The highest BCUT2D eigenvalue weighted by molar-refractivity contribution is 5.99. The van der Waals surface area contributed by atoms with Gasteiger partial charge in [0.1, 0.15) is 60.4 Å². The fourth-order valence-electron chi connectivity index (χ4n) is 11.1. The monoisotopic (exact) mass is 1220 g/mol. The van der Waals surface area contributed by atoms with Gasteiger partial charge in [0.15, 0.2) is 0 Å². The normalized spacial score (nSPS) is 27.2. The van der Waals surface area contributed by atoms with E-state index in [1.54, 1.807) is 55.4 Å². The molecule has 1 rings (SSSR count). The summed E-state index contributed by atoms with van der Waals surface area (Å²) in [5.74, 6) is -10.4. The van der Waals surface area contributed by atoms with Crippen molar-refractivity contribution in [2.24, 2.45) is 40.9 Å². The maximum atomic E-state index is 15.2. The van der Waals surface area contributed by atoms with Crippen molar-refractivity contribution < 1.29 is 63.0 Å². The molecule has 0 aromatic rings. The average molecular weight is 1220 g/mol. The summed E-state index contributed by atoms with van der Waals surface area (Å²) < 4.78 is 0. The summed E-state index contributed by atoms with van der Waals surface area (Å²) in [6.07, 6.45) is -0.892. The van der Waals surface area contributed by atoms with Gasteiger partial charge in [-0.15, -0.1) is 0 Å². The summed E-state index contributed by atoms with van der Waals surface area (Å²) in [6, 6.07) is -13.2. The van der Waals surface area contributed by atoms with Crippen LogP contribution in [0, 0.1) is 40.9 Å². The second kappa shape index (κ2) is 34.0. The molecule has 86 heavy (non-hydrogen) atoms.